The van der Waals surface area contributed by atoms with Crippen molar-refractivity contribution < 1.29 is 25.8 Å². The van der Waals surface area contributed by atoms with E-state index < -0.39 is 0 Å². The van der Waals surface area contributed by atoms with Gasteiger partial charge in [0.05, 0.1) is 0 Å². The molecule has 0 unspecified atom stereocenters. The number of hydrogen-bond donors (Lipinski definition) is 0. The first-order valence-corrected chi connectivity index (χ1v) is 13.7. The van der Waals surface area contributed by atoms with Gasteiger partial charge >= 0.3 is 25.8 Å². The topological polar surface area (TPSA) is 0 Å². The van der Waals surface area contributed by atoms with Crippen LogP contribution in [0.5, 0.6) is 0 Å². The predicted octanol–water partition coefficient (Wildman–Crippen LogP) is 11.2. The zero-order valence-electron chi connectivity index (χ0n) is 24.6. The van der Waals surface area contributed by atoms with E-state index in [-0.39, 0.29) is 46.1 Å². The van der Waals surface area contributed by atoms with Crippen molar-refractivity contribution in [3.8, 4) is 22.3 Å². The third kappa shape index (κ3) is 5.63. The summed E-state index contributed by atoms with van der Waals surface area (Å²) >= 11 is 0. The Labute approximate surface area is 270 Å². The second-order valence-electron chi connectivity index (χ2n) is 10.8. The van der Waals surface area contributed by atoms with Crippen LogP contribution < -0.4 is 0 Å². The van der Waals surface area contributed by atoms with Crippen molar-refractivity contribution in [2.24, 2.45) is 0 Å². The van der Waals surface area contributed by atoms with Crippen LogP contribution in [0.1, 0.15) is 23.6 Å². The van der Waals surface area contributed by atoms with Gasteiger partial charge in [0.2, 0.25) is 0 Å². The molecule has 204 valence electrons. The monoisotopic (exact) mass is 708 g/mol. The van der Waals surface area contributed by atoms with E-state index >= 15 is 0 Å². The molecule has 0 aliphatic carbocycles. The van der Waals surface area contributed by atoms with Crippen molar-refractivity contribution in [1.29, 1.82) is 0 Å². The van der Waals surface area contributed by atoms with Crippen LogP contribution in [-0.4, -0.2) is 0 Å². The largest absolute Gasteiger partial charge is 4.00 e. The first kappa shape index (κ1) is 31.1. The van der Waals surface area contributed by atoms with Gasteiger partial charge in [-0.15, -0.1) is 69.1 Å². The Bertz CT molecular complexity index is 1750. The van der Waals surface area contributed by atoms with Crippen LogP contribution in [0.15, 0.2) is 152 Å². The summed E-state index contributed by atoms with van der Waals surface area (Å²) in [6.07, 6.45) is 0.932. The Morgan fingerprint density at radius 3 is 1.33 bits per heavy atom. The standard InChI is InChI=1S/C39H30.2CH3.Hf/c1-39(27-28-13-5-2-6-14-28,33-23-31-19-11-21-35(37(31)25-33)29-15-7-3-8-16-29)34-24-32-20-12-22-36(38(32)26-34)30-17-9-4-10-18-30;;;/h2-26H,27H2,1H3;2*1H3;/q-2;2*-1;+4. The molecular weight excluding hydrogens is 671 g/mol. The Balaban J connectivity index is 0.00000135. The van der Waals surface area contributed by atoms with Crippen molar-refractivity contribution in [2.45, 2.75) is 18.8 Å². The summed E-state index contributed by atoms with van der Waals surface area (Å²) in [4.78, 5) is 0. The molecule has 0 radical (unpaired) electrons. The Morgan fingerprint density at radius 2 is 0.905 bits per heavy atom. The molecule has 0 spiro atoms. The van der Waals surface area contributed by atoms with E-state index in [9.17, 15) is 0 Å². The van der Waals surface area contributed by atoms with Gasteiger partial charge in [0.25, 0.3) is 0 Å². The van der Waals surface area contributed by atoms with Gasteiger partial charge in [-0.2, -0.15) is 12.1 Å². The molecule has 7 rings (SSSR count). The minimum Gasteiger partial charge on any atom is -0.358 e. The molecular formula is C41H36Hf. The van der Waals surface area contributed by atoms with Crippen LogP contribution in [0, 0.1) is 14.9 Å². The molecule has 0 saturated heterocycles. The predicted molar refractivity (Wildman–Crippen MR) is 179 cm³/mol. The maximum Gasteiger partial charge on any atom is 4.00 e. The molecule has 0 N–H and O–H groups in total. The molecule has 0 saturated carbocycles. The maximum atomic E-state index is 2.44. The van der Waals surface area contributed by atoms with Crippen LogP contribution in [0.4, 0.5) is 0 Å². The van der Waals surface area contributed by atoms with E-state index in [2.05, 4.69) is 159 Å². The van der Waals surface area contributed by atoms with Gasteiger partial charge in [0.15, 0.2) is 0 Å². The Kier molecular flexibility index (Phi) is 9.64. The smallest absolute Gasteiger partial charge is 0.358 e. The fraction of sp³-hybridized carbons (Fsp3) is 0.0732. The van der Waals surface area contributed by atoms with E-state index in [1.807, 2.05) is 0 Å². The molecule has 42 heavy (non-hydrogen) atoms. The third-order valence-electron chi connectivity index (χ3n) is 8.35. The molecule has 0 fully saturated rings. The molecule has 1 heteroatoms. The van der Waals surface area contributed by atoms with Crippen molar-refractivity contribution in [2.75, 3.05) is 0 Å². The van der Waals surface area contributed by atoms with Crippen molar-refractivity contribution in [3.63, 3.8) is 0 Å². The van der Waals surface area contributed by atoms with E-state index in [1.54, 1.807) is 0 Å². The minimum absolute atomic E-state index is 0. The number of benzene rings is 5. The zero-order valence-corrected chi connectivity index (χ0v) is 28.2. The average molecular weight is 707 g/mol. The zero-order chi connectivity index (χ0) is 26.2. The van der Waals surface area contributed by atoms with Crippen LogP contribution >= 0.6 is 0 Å². The van der Waals surface area contributed by atoms with E-state index in [0.717, 1.165) is 6.42 Å². The number of hydrogen-bond acceptors (Lipinski definition) is 0. The fourth-order valence-corrected chi connectivity index (χ4v) is 6.22. The van der Waals surface area contributed by atoms with Gasteiger partial charge in [0, 0.05) is 0 Å². The summed E-state index contributed by atoms with van der Waals surface area (Å²) in [5, 5.41) is 5.23. The third-order valence-corrected chi connectivity index (χ3v) is 8.35. The van der Waals surface area contributed by atoms with Gasteiger partial charge in [-0.1, -0.05) is 121 Å². The summed E-state index contributed by atoms with van der Waals surface area (Å²) in [6.45, 7) is 2.42. The van der Waals surface area contributed by atoms with Crippen molar-refractivity contribution in [1.82, 2.24) is 0 Å². The average Bonchev–Trinajstić information content (AvgIpc) is 3.64. The second kappa shape index (κ2) is 13.0. The van der Waals surface area contributed by atoms with Gasteiger partial charge in [-0.3, -0.25) is 0 Å². The number of rotatable bonds is 6. The molecule has 0 heterocycles. The van der Waals surface area contributed by atoms with Crippen molar-refractivity contribution in [3.05, 3.63) is 183 Å². The normalized spacial score (nSPS) is 11.0. The van der Waals surface area contributed by atoms with E-state index in [1.165, 1.54) is 60.5 Å². The van der Waals surface area contributed by atoms with Crippen LogP contribution in [0.2, 0.25) is 0 Å². The summed E-state index contributed by atoms with van der Waals surface area (Å²) in [5.74, 6) is 0. The summed E-state index contributed by atoms with van der Waals surface area (Å²) in [6, 6.07) is 55.5. The van der Waals surface area contributed by atoms with Gasteiger partial charge in [-0.25, -0.2) is 0 Å². The van der Waals surface area contributed by atoms with E-state index in [4.69, 9.17) is 0 Å². The second-order valence-corrected chi connectivity index (χ2v) is 10.8. The SMILES string of the molecule is CC(Cc1ccccc1)(c1cc2c(-c3ccccc3)cccc2[cH-]1)c1cc2c(-c3ccccc3)cccc2[cH-]1.[CH3-].[CH3-].[Hf+4]. The molecule has 0 aliphatic rings. The van der Waals surface area contributed by atoms with Crippen LogP contribution in [0.3, 0.4) is 0 Å². The van der Waals surface area contributed by atoms with Gasteiger partial charge in [-0.05, 0) is 28.5 Å². The minimum atomic E-state index is -0.193. The summed E-state index contributed by atoms with van der Waals surface area (Å²) in [7, 11) is 0. The molecule has 0 amide bonds. The first-order valence-electron chi connectivity index (χ1n) is 13.7. The summed E-state index contributed by atoms with van der Waals surface area (Å²) < 4.78 is 0. The molecule has 0 bridgehead atoms. The quantitative estimate of drug-likeness (QED) is 0.119. The molecule has 0 nitrogen and oxygen atoms in total. The Morgan fingerprint density at radius 1 is 0.500 bits per heavy atom. The molecule has 7 aromatic carbocycles. The van der Waals surface area contributed by atoms with Gasteiger partial charge < -0.3 is 14.9 Å². The summed E-state index contributed by atoms with van der Waals surface area (Å²) in [5.41, 5.74) is 8.99. The molecule has 0 atom stereocenters. The molecule has 0 aliphatic heterocycles. The van der Waals surface area contributed by atoms with Crippen LogP contribution in [0.25, 0.3) is 43.8 Å². The Hall–Kier alpha value is -3.81. The van der Waals surface area contributed by atoms with Crippen molar-refractivity contribution >= 4 is 21.5 Å². The molecule has 7 aromatic rings. The fourth-order valence-electron chi connectivity index (χ4n) is 6.22. The first-order chi connectivity index (χ1) is 19.2. The van der Waals surface area contributed by atoms with Crippen LogP contribution in [-0.2, 0) is 37.7 Å². The maximum absolute atomic E-state index is 2.44. The number of fused-ring (bicyclic) bond motifs is 2. The molecule has 0 aromatic heterocycles. The van der Waals surface area contributed by atoms with E-state index in [0.29, 0.717) is 0 Å². The van der Waals surface area contributed by atoms with Gasteiger partial charge in [0.1, 0.15) is 0 Å².